The molecule has 3 heterocycles. The van der Waals surface area contributed by atoms with Crippen LogP contribution in [0.3, 0.4) is 0 Å². The number of para-hydroxylation sites is 1. The average molecular weight is 515 g/mol. The van der Waals surface area contributed by atoms with E-state index in [2.05, 4.69) is 25.8 Å². The zero-order chi connectivity index (χ0) is 26.6. The average Bonchev–Trinajstić information content (AvgIpc) is 3.52. The Kier molecular flexibility index (Phi) is 5.87. The summed E-state index contributed by atoms with van der Waals surface area (Å²) in [5, 5.41) is 12.0. The van der Waals surface area contributed by atoms with Crippen molar-refractivity contribution in [2.75, 3.05) is 4.90 Å². The summed E-state index contributed by atoms with van der Waals surface area (Å²) in [6.45, 7) is 9.41. The molecule has 0 fully saturated rings. The number of aliphatic hydroxyl groups is 1. The number of benzene rings is 2. The Labute approximate surface area is 218 Å². The van der Waals surface area contributed by atoms with E-state index < -0.39 is 23.5 Å². The van der Waals surface area contributed by atoms with Crippen LogP contribution in [0.15, 0.2) is 70.3 Å². The lowest BCUT2D eigenvalue weighted by atomic mass is 9.85. The predicted molar refractivity (Wildman–Crippen MR) is 142 cm³/mol. The third-order valence-electron chi connectivity index (χ3n) is 6.51. The molecule has 7 nitrogen and oxygen atoms in total. The molecule has 188 valence electrons. The highest BCUT2D eigenvalue weighted by atomic mass is 32.1. The lowest BCUT2D eigenvalue weighted by Crippen LogP contribution is -2.31. The predicted octanol–water partition coefficient (Wildman–Crippen LogP) is 6.48. The minimum atomic E-state index is -0.951. The molecule has 2 aromatic carbocycles. The quantitative estimate of drug-likeness (QED) is 0.306. The third-order valence-corrected chi connectivity index (χ3v) is 7.76. The Morgan fingerprint density at radius 1 is 1.08 bits per heavy atom. The summed E-state index contributed by atoms with van der Waals surface area (Å²) in [7, 11) is 0. The van der Waals surface area contributed by atoms with Crippen LogP contribution in [0.1, 0.15) is 70.8 Å². The summed E-state index contributed by atoms with van der Waals surface area (Å²) in [5.41, 5.74) is 2.53. The number of carbonyl (C=O) groups excluding carboxylic acids is 3. The molecule has 1 unspecified atom stereocenters. The molecule has 5 rings (SSSR count). The molecular formula is C29H26N2O5S. The number of aryl methyl sites for hydroxylation is 1. The maximum absolute atomic E-state index is 13.8. The van der Waals surface area contributed by atoms with Crippen LogP contribution in [0.25, 0.3) is 11.0 Å². The number of nitrogens with zero attached hydrogens (tertiary/aromatic N) is 2. The number of anilines is 1. The van der Waals surface area contributed by atoms with Crippen molar-refractivity contribution in [2.45, 2.75) is 46.1 Å². The van der Waals surface area contributed by atoms with Crippen molar-refractivity contribution in [3.8, 4) is 0 Å². The zero-order valence-corrected chi connectivity index (χ0v) is 22.0. The van der Waals surface area contributed by atoms with Gasteiger partial charge in [0.25, 0.3) is 5.91 Å². The van der Waals surface area contributed by atoms with Crippen LogP contribution in [0.5, 0.6) is 0 Å². The van der Waals surface area contributed by atoms with Crippen molar-refractivity contribution < 1.29 is 23.9 Å². The van der Waals surface area contributed by atoms with E-state index in [1.165, 1.54) is 11.8 Å². The smallest absolute Gasteiger partial charge is 0.296 e. The number of aromatic nitrogens is 1. The Balaban J connectivity index is 1.66. The van der Waals surface area contributed by atoms with Crippen molar-refractivity contribution in [3.63, 3.8) is 0 Å². The summed E-state index contributed by atoms with van der Waals surface area (Å²) in [4.78, 5) is 45.5. The molecule has 37 heavy (non-hydrogen) atoms. The second kappa shape index (κ2) is 8.81. The van der Waals surface area contributed by atoms with Gasteiger partial charge in [0.15, 0.2) is 22.4 Å². The molecule has 8 heteroatoms. The van der Waals surface area contributed by atoms with Crippen LogP contribution in [0, 0.1) is 6.92 Å². The molecule has 0 bridgehead atoms. The fourth-order valence-corrected chi connectivity index (χ4v) is 5.54. The minimum absolute atomic E-state index is 0.0217. The summed E-state index contributed by atoms with van der Waals surface area (Å²) >= 11 is 1.06. The first-order valence-corrected chi connectivity index (χ1v) is 12.7. The van der Waals surface area contributed by atoms with E-state index in [-0.39, 0.29) is 27.7 Å². The summed E-state index contributed by atoms with van der Waals surface area (Å²) in [6, 6.07) is 15.5. The molecule has 1 N–H and O–H groups in total. The number of fused-ring (bicyclic) bond motifs is 1. The summed E-state index contributed by atoms with van der Waals surface area (Å²) < 4.78 is 5.79. The van der Waals surface area contributed by atoms with Gasteiger partial charge in [-0.3, -0.25) is 19.3 Å². The van der Waals surface area contributed by atoms with Gasteiger partial charge in [-0.15, -0.1) is 0 Å². The molecular weight excluding hydrogens is 488 g/mol. The summed E-state index contributed by atoms with van der Waals surface area (Å²) in [5.74, 6) is -2.15. The minimum Gasteiger partial charge on any atom is -0.503 e. The topological polar surface area (TPSA) is 101 Å². The Morgan fingerprint density at radius 2 is 1.76 bits per heavy atom. The number of carbonyl (C=O) groups is 3. The van der Waals surface area contributed by atoms with E-state index in [4.69, 9.17) is 4.42 Å². The largest absolute Gasteiger partial charge is 0.503 e. The monoisotopic (exact) mass is 514 g/mol. The Morgan fingerprint density at radius 3 is 2.35 bits per heavy atom. The SMILES string of the molecule is CC(=O)c1sc(N2C(=O)C(O)=C(C(=O)c3cc4ccccc4o3)C2c2ccc(C(C)(C)C)cc2)nc1C. The number of rotatable bonds is 5. The van der Waals surface area contributed by atoms with Gasteiger partial charge in [0.05, 0.1) is 22.2 Å². The molecule has 1 aliphatic rings. The van der Waals surface area contributed by atoms with Crippen LogP contribution in [-0.4, -0.2) is 27.6 Å². The van der Waals surface area contributed by atoms with Crippen LogP contribution in [-0.2, 0) is 10.2 Å². The number of Topliss-reactive ketones (excluding diaryl/α,β-unsaturated/α-hetero) is 2. The van der Waals surface area contributed by atoms with E-state index >= 15 is 0 Å². The maximum Gasteiger partial charge on any atom is 0.296 e. The summed E-state index contributed by atoms with van der Waals surface area (Å²) in [6.07, 6.45) is 0. The number of amides is 1. The molecule has 0 aliphatic carbocycles. The lowest BCUT2D eigenvalue weighted by molar-refractivity contribution is -0.117. The van der Waals surface area contributed by atoms with Gasteiger partial charge in [-0.2, -0.15) is 0 Å². The van der Waals surface area contributed by atoms with Gasteiger partial charge >= 0.3 is 0 Å². The van der Waals surface area contributed by atoms with E-state index in [0.29, 0.717) is 21.7 Å². The van der Waals surface area contributed by atoms with Crippen LogP contribution < -0.4 is 4.90 Å². The second-order valence-corrected chi connectivity index (χ2v) is 11.1. The van der Waals surface area contributed by atoms with Gasteiger partial charge in [0.1, 0.15) is 5.58 Å². The Bertz CT molecular complexity index is 1570. The van der Waals surface area contributed by atoms with E-state index in [1.54, 1.807) is 25.1 Å². The highest BCUT2D eigenvalue weighted by Gasteiger charge is 2.46. The van der Waals surface area contributed by atoms with Gasteiger partial charge in [-0.25, -0.2) is 4.98 Å². The second-order valence-electron chi connectivity index (χ2n) is 10.2. The number of hydrogen-bond donors (Lipinski definition) is 1. The van der Waals surface area contributed by atoms with Gasteiger partial charge in [0.2, 0.25) is 5.78 Å². The highest BCUT2D eigenvalue weighted by molar-refractivity contribution is 7.17. The third kappa shape index (κ3) is 4.17. The molecule has 0 saturated carbocycles. The number of thiazole rings is 1. The first kappa shape index (κ1) is 24.6. The maximum atomic E-state index is 13.8. The highest BCUT2D eigenvalue weighted by Crippen LogP contribution is 2.44. The number of hydrogen-bond acceptors (Lipinski definition) is 7. The molecule has 1 amide bonds. The van der Waals surface area contributed by atoms with Gasteiger partial charge < -0.3 is 9.52 Å². The van der Waals surface area contributed by atoms with Crippen molar-refractivity contribution in [2.24, 2.45) is 0 Å². The van der Waals surface area contributed by atoms with Gasteiger partial charge in [0, 0.05) is 12.3 Å². The zero-order valence-electron chi connectivity index (χ0n) is 21.2. The van der Waals surface area contributed by atoms with E-state index in [9.17, 15) is 19.5 Å². The number of furan rings is 1. The molecule has 0 spiro atoms. The van der Waals surface area contributed by atoms with Crippen LogP contribution >= 0.6 is 11.3 Å². The molecule has 1 aliphatic heterocycles. The molecule has 2 aromatic heterocycles. The Hall–Kier alpha value is -4.04. The molecule has 1 atom stereocenters. The first-order valence-electron chi connectivity index (χ1n) is 11.9. The van der Waals surface area contributed by atoms with Crippen LogP contribution in [0.4, 0.5) is 5.13 Å². The fourth-order valence-electron chi connectivity index (χ4n) is 4.55. The normalized spacial score (nSPS) is 16.2. The first-order chi connectivity index (χ1) is 17.5. The molecule has 0 saturated heterocycles. The van der Waals surface area contributed by atoms with Gasteiger partial charge in [-0.1, -0.05) is 74.6 Å². The van der Waals surface area contributed by atoms with Crippen molar-refractivity contribution in [1.82, 2.24) is 4.98 Å². The van der Waals surface area contributed by atoms with Gasteiger partial charge in [-0.05, 0) is 35.6 Å². The van der Waals surface area contributed by atoms with Crippen LogP contribution in [0.2, 0.25) is 0 Å². The van der Waals surface area contributed by atoms with E-state index in [1.807, 2.05) is 36.4 Å². The standard InChI is InChI=1S/C29H26N2O5S/c1-15-26(16(2)32)37-28(30-15)31-23(17-10-12-19(13-11-17)29(3,4)5)22(25(34)27(31)35)24(33)21-14-18-8-6-7-9-20(18)36-21/h6-14,23,34H,1-5H3. The number of ketones is 2. The van der Waals surface area contributed by atoms with Crippen molar-refractivity contribution in [1.29, 1.82) is 0 Å². The number of aliphatic hydroxyl groups excluding tert-OH is 1. The van der Waals surface area contributed by atoms with Crippen molar-refractivity contribution >= 4 is 44.9 Å². The molecule has 4 aromatic rings. The molecule has 0 radical (unpaired) electrons. The van der Waals surface area contributed by atoms with E-state index in [0.717, 1.165) is 22.3 Å². The van der Waals surface area contributed by atoms with Crippen molar-refractivity contribution in [3.05, 3.63) is 93.4 Å². The fraction of sp³-hybridized carbons (Fsp3) is 0.241. The lowest BCUT2D eigenvalue weighted by Gasteiger charge is -2.25.